The Morgan fingerprint density at radius 3 is 2.60 bits per heavy atom. The van der Waals surface area contributed by atoms with E-state index in [1.165, 1.54) is 6.42 Å². The first kappa shape index (κ1) is 20.5. The number of rotatable bonds is 5. The molecule has 0 bridgehead atoms. The molecule has 1 aromatic heterocycles. The first-order valence-electron chi connectivity index (χ1n) is 10.8. The first-order valence-corrected chi connectivity index (χ1v) is 10.8. The molecule has 1 saturated carbocycles. The molecule has 30 heavy (non-hydrogen) atoms. The van der Waals surface area contributed by atoms with Crippen molar-refractivity contribution in [3.05, 3.63) is 54.4 Å². The Hall–Kier alpha value is -2.73. The molecule has 1 saturated heterocycles. The van der Waals surface area contributed by atoms with Crippen LogP contribution in [0.15, 0.2) is 48.8 Å². The fraction of sp³-hybridized carbons (Fsp3) is 0.458. The van der Waals surface area contributed by atoms with Gasteiger partial charge in [0.15, 0.2) is 5.60 Å². The van der Waals surface area contributed by atoms with Crippen LogP contribution in [-0.4, -0.2) is 47.0 Å². The number of pyridine rings is 1. The first-order chi connectivity index (χ1) is 14.6. The molecule has 6 heteroatoms. The van der Waals surface area contributed by atoms with Crippen LogP contribution in [0.2, 0.25) is 0 Å². The van der Waals surface area contributed by atoms with Gasteiger partial charge in [0.25, 0.3) is 5.91 Å². The highest BCUT2D eigenvalue weighted by Crippen LogP contribution is 2.30. The number of aromatic nitrogens is 1. The van der Waals surface area contributed by atoms with Crippen LogP contribution in [0, 0.1) is 5.92 Å². The molecule has 1 unspecified atom stereocenters. The van der Waals surface area contributed by atoms with Gasteiger partial charge in [0, 0.05) is 31.3 Å². The maximum Gasteiger partial charge on any atom is 0.251 e. The number of benzene rings is 1. The molecule has 1 atom stereocenters. The van der Waals surface area contributed by atoms with Crippen molar-refractivity contribution in [3.8, 4) is 11.1 Å². The van der Waals surface area contributed by atoms with E-state index in [9.17, 15) is 9.59 Å². The quantitative estimate of drug-likeness (QED) is 0.826. The van der Waals surface area contributed by atoms with Crippen LogP contribution in [0.1, 0.15) is 37.7 Å². The molecule has 6 nitrogen and oxygen atoms in total. The van der Waals surface area contributed by atoms with Crippen molar-refractivity contribution < 1.29 is 14.3 Å². The minimum atomic E-state index is -1.19. The lowest BCUT2D eigenvalue weighted by Crippen LogP contribution is -2.61. The fourth-order valence-electron chi connectivity index (χ4n) is 4.66. The van der Waals surface area contributed by atoms with Crippen LogP contribution >= 0.6 is 0 Å². The average molecular weight is 408 g/mol. The summed E-state index contributed by atoms with van der Waals surface area (Å²) in [5, 5.41) is 0. The summed E-state index contributed by atoms with van der Waals surface area (Å²) >= 11 is 0. The highest BCUT2D eigenvalue weighted by atomic mass is 16.5. The zero-order valence-corrected chi connectivity index (χ0v) is 17.3. The van der Waals surface area contributed by atoms with E-state index in [0.717, 1.165) is 42.4 Å². The Balaban J connectivity index is 1.54. The van der Waals surface area contributed by atoms with Gasteiger partial charge >= 0.3 is 0 Å². The largest absolute Gasteiger partial charge is 0.367 e. The van der Waals surface area contributed by atoms with Gasteiger partial charge in [-0.2, -0.15) is 0 Å². The van der Waals surface area contributed by atoms with Crippen LogP contribution in [0.25, 0.3) is 11.1 Å². The summed E-state index contributed by atoms with van der Waals surface area (Å²) < 4.78 is 5.97. The van der Waals surface area contributed by atoms with Gasteiger partial charge < -0.3 is 15.4 Å². The van der Waals surface area contributed by atoms with Crippen molar-refractivity contribution in [2.75, 3.05) is 19.7 Å². The van der Waals surface area contributed by atoms with E-state index in [1.54, 1.807) is 17.3 Å². The van der Waals surface area contributed by atoms with Crippen LogP contribution in [0.4, 0.5) is 0 Å². The molecular weight excluding hydrogens is 378 g/mol. The maximum atomic E-state index is 13.1. The molecule has 1 aromatic carbocycles. The van der Waals surface area contributed by atoms with Crippen molar-refractivity contribution in [3.63, 3.8) is 0 Å². The van der Waals surface area contributed by atoms with Gasteiger partial charge in [-0.05, 0) is 41.7 Å². The number of morpholine rings is 1. The third kappa shape index (κ3) is 4.38. The summed E-state index contributed by atoms with van der Waals surface area (Å²) in [5.74, 6) is -0.301. The number of nitrogens with zero attached hydrogens (tertiary/aromatic N) is 2. The van der Waals surface area contributed by atoms with E-state index in [4.69, 9.17) is 10.5 Å². The van der Waals surface area contributed by atoms with Crippen LogP contribution in [0.3, 0.4) is 0 Å². The Morgan fingerprint density at radius 1 is 1.10 bits per heavy atom. The van der Waals surface area contributed by atoms with Gasteiger partial charge in [-0.25, -0.2) is 0 Å². The van der Waals surface area contributed by atoms with Crippen molar-refractivity contribution in [2.24, 2.45) is 11.7 Å². The van der Waals surface area contributed by atoms with E-state index >= 15 is 0 Å². The highest BCUT2D eigenvalue weighted by molar-refractivity contribution is 5.86. The number of carbonyl (C=O) groups is 2. The molecule has 0 spiro atoms. The summed E-state index contributed by atoms with van der Waals surface area (Å²) in [4.78, 5) is 31.5. The monoisotopic (exact) mass is 407 g/mol. The summed E-state index contributed by atoms with van der Waals surface area (Å²) in [6.07, 6.45) is 9.13. The third-order valence-electron chi connectivity index (χ3n) is 6.33. The van der Waals surface area contributed by atoms with Gasteiger partial charge in [-0.1, -0.05) is 43.5 Å². The third-order valence-corrected chi connectivity index (χ3v) is 6.33. The topological polar surface area (TPSA) is 85.5 Å². The zero-order valence-electron chi connectivity index (χ0n) is 17.3. The second-order valence-corrected chi connectivity index (χ2v) is 8.41. The second kappa shape index (κ2) is 8.96. The molecule has 2 aliphatic rings. The molecule has 4 rings (SSSR count). The molecular formula is C24H29N3O3. The molecule has 0 radical (unpaired) electrons. The molecule has 2 heterocycles. The van der Waals surface area contributed by atoms with Gasteiger partial charge in [-0.15, -0.1) is 0 Å². The summed E-state index contributed by atoms with van der Waals surface area (Å²) in [7, 11) is 0. The number of hydrogen-bond acceptors (Lipinski definition) is 4. The molecule has 2 N–H and O–H groups in total. The Morgan fingerprint density at radius 2 is 1.87 bits per heavy atom. The van der Waals surface area contributed by atoms with Crippen molar-refractivity contribution in [1.82, 2.24) is 9.88 Å². The predicted molar refractivity (Wildman–Crippen MR) is 114 cm³/mol. The predicted octanol–water partition coefficient (Wildman–Crippen LogP) is 2.95. The zero-order chi connectivity index (χ0) is 21.0. The smallest absolute Gasteiger partial charge is 0.251 e. The lowest BCUT2D eigenvalue weighted by Gasteiger charge is -2.42. The van der Waals surface area contributed by atoms with Crippen LogP contribution < -0.4 is 5.73 Å². The van der Waals surface area contributed by atoms with Crippen molar-refractivity contribution in [2.45, 2.75) is 44.1 Å². The molecule has 1 aliphatic heterocycles. The number of carbonyl (C=O) groups excluding carboxylic acids is 2. The molecule has 2 fully saturated rings. The molecule has 1 aliphatic carbocycles. The van der Waals surface area contributed by atoms with E-state index in [2.05, 4.69) is 4.98 Å². The summed E-state index contributed by atoms with van der Waals surface area (Å²) in [6.45, 7) is 1.06. The molecule has 2 aromatic rings. The minimum Gasteiger partial charge on any atom is -0.367 e. The fourth-order valence-corrected chi connectivity index (χ4v) is 4.66. The van der Waals surface area contributed by atoms with Crippen LogP contribution in [0.5, 0.6) is 0 Å². The SMILES string of the molecule is NC(=O)C1(Cc2cccc(-c3ccncc3)c2)CN(C(=O)C2CCCCC2)CCO1. The minimum absolute atomic E-state index is 0.0671. The van der Waals surface area contributed by atoms with Gasteiger partial charge in [0.2, 0.25) is 5.91 Å². The maximum absolute atomic E-state index is 13.1. The number of primary amides is 1. The lowest BCUT2D eigenvalue weighted by molar-refractivity contribution is -0.165. The number of hydrogen-bond donors (Lipinski definition) is 1. The standard InChI is InChI=1S/C24H29N3O3/c25-23(29)24(16-18-5-4-8-21(15-18)19-9-11-26-12-10-19)17-27(13-14-30-24)22(28)20-6-2-1-3-7-20/h4-5,8-12,15,20H,1-3,6-7,13-14,16-17H2,(H2,25,29). The van der Waals surface area contributed by atoms with Crippen LogP contribution in [-0.2, 0) is 20.7 Å². The van der Waals surface area contributed by atoms with Gasteiger partial charge in [0.1, 0.15) is 0 Å². The molecule has 158 valence electrons. The summed E-state index contributed by atoms with van der Waals surface area (Å²) in [5.41, 5.74) is 7.69. The van der Waals surface area contributed by atoms with Gasteiger partial charge in [-0.3, -0.25) is 14.6 Å². The Bertz CT molecular complexity index is 896. The highest BCUT2D eigenvalue weighted by Gasteiger charge is 2.44. The second-order valence-electron chi connectivity index (χ2n) is 8.41. The summed E-state index contributed by atoms with van der Waals surface area (Å²) in [6, 6.07) is 11.9. The molecule has 2 amide bonds. The number of nitrogens with two attached hydrogens (primary N) is 1. The van der Waals surface area contributed by atoms with Crippen molar-refractivity contribution >= 4 is 11.8 Å². The van der Waals surface area contributed by atoms with Gasteiger partial charge in [0.05, 0.1) is 13.2 Å². The van der Waals surface area contributed by atoms with E-state index in [1.807, 2.05) is 36.4 Å². The normalized spacial score (nSPS) is 22.6. The van der Waals surface area contributed by atoms with Crippen molar-refractivity contribution in [1.29, 1.82) is 0 Å². The number of amides is 2. The van der Waals surface area contributed by atoms with E-state index in [-0.39, 0.29) is 18.4 Å². The Labute approximate surface area is 177 Å². The average Bonchev–Trinajstić information content (AvgIpc) is 2.80. The number of ether oxygens (including phenoxy) is 1. The Kier molecular flexibility index (Phi) is 6.13. The lowest BCUT2D eigenvalue weighted by atomic mass is 9.86. The van der Waals surface area contributed by atoms with E-state index < -0.39 is 11.5 Å². The van der Waals surface area contributed by atoms with E-state index in [0.29, 0.717) is 19.6 Å².